The largest absolute Gasteiger partial charge is 0.494 e. The van der Waals surface area contributed by atoms with E-state index in [-0.39, 0.29) is 17.6 Å². The predicted molar refractivity (Wildman–Crippen MR) is 109 cm³/mol. The molecule has 1 aliphatic heterocycles. The lowest BCUT2D eigenvalue weighted by atomic mass is 10.1. The van der Waals surface area contributed by atoms with E-state index in [0.29, 0.717) is 47.2 Å². The molecule has 0 unspecified atom stereocenters. The predicted octanol–water partition coefficient (Wildman–Crippen LogP) is 3.10. The maximum Gasteiger partial charge on any atom is 0.259 e. The summed E-state index contributed by atoms with van der Waals surface area (Å²) in [5.74, 6) is 1.27. The molecule has 1 heterocycles. The molecule has 1 N–H and O–H groups in total. The summed E-state index contributed by atoms with van der Waals surface area (Å²) in [6.07, 6.45) is 1.35. The summed E-state index contributed by atoms with van der Waals surface area (Å²) in [7, 11) is 5.97. The summed E-state index contributed by atoms with van der Waals surface area (Å²) < 4.78 is 21.4. The van der Waals surface area contributed by atoms with Crippen molar-refractivity contribution in [1.29, 1.82) is 0 Å². The quantitative estimate of drug-likeness (QED) is 0.769. The van der Waals surface area contributed by atoms with E-state index < -0.39 is 0 Å². The van der Waals surface area contributed by atoms with Crippen LogP contribution in [-0.4, -0.2) is 46.8 Å². The highest BCUT2D eigenvalue weighted by atomic mass is 16.5. The molecular formula is C21H24N2O6. The number of nitrogens with one attached hydrogen (secondary N) is 1. The van der Waals surface area contributed by atoms with Crippen molar-refractivity contribution in [2.75, 3.05) is 45.2 Å². The van der Waals surface area contributed by atoms with Crippen LogP contribution in [0.5, 0.6) is 23.0 Å². The number of amides is 2. The Balaban J connectivity index is 1.88. The van der Waals surface area contributed by atoms with Crippen LogP contribution in [0.4, 0.5) is 11.4 Å². The second-order valence-corrected chi connectivity index (χ2v) is 6.37. The molecule has 8 nitrogen and oxygen atoms in total. The summed E-state index contributed by atoms with van der Waals surface area (Å²) in [5, 5.41) is 2.83. The minimum atomic E-state index is -0.380. The molecule has 0 bridgehead atoms. The second kappa shape index (κ2) is 8.72. The van der Waals surface area contributed by atoms with Gasteiger partial charge in [0.25, 0.3) is 5.91 Å². The van der Waals surface area contributed by atoms with Gasteiger partial charge in [-0.25, -0.2) is 0 Å². The molecule has 0 radical (unpaired) electrons. The number of methoxy groups -OCH3 is 4. The van der Waals surface area contributed by atoms with E-state index in [2.05, 4.69) is 5.32 Å². The third kappa shape index (κ3) is 3.91. The van der Waals surface area contributed by atoms with Gasteiger partial charge in [-0.3, -0.25) is 9.59 Å². The van der Waals surface area contributed by atoms with Crippen molar-refractivity contribution in [2.45, 2.75) is 12.8 Å². The third-order valence-corrected chi connectivity index (χ3v) is 4.75. The fraction of sp³-hybridized carbons (Fsp3) is 0.333. The second-order valence-electron chi connectivity index (χ2n) is 6.37. The molecule has 0 atom stereocenters. The van der Waals surface area contributed by atoms with Crippen molar-refractivity contribution in [2.24, 2.45) is 0 Å². The molecule has 154 valence electrons. The smallest absolute Gasteiger partial charge is 0.259 e. The molecule has 1 fully saturated rings. The van der Waals surface area contributed by atoms with Crippen LogP contribution < -0.4 is 29.2 Å². The topological polar surface area (TPSA) is 86.3 Å². The number of carbonyl (C=O) groups is 2. The molecule has 1 saturated heterocycles. The van der Waals surface area contributed by atoms with Gasteiger partial charge < -0.3 is 29.2 Å². The Bertz CT molecular complexity index is 928. The number of anilines is 2. The van der Waals surface area contributed by atoms with Crippen LogP contribution in [0.3, 0.4) is 0 Å². The van der Waals surface area contributed by atoms with E-state index in [1.54, 1.807) is 35.2 Å². The van der Waals surface area contributed by atoms with Crippen molar-refractivity contribution >= 4 is 23.2 Å². The molecule has 1 aliphatic rings. The number of ether oxygens (including phenoxy) is 4. The first-order valence-electron chi connectivity index (χ1n) is 9.12. The van der Waals surface area contributed by atoms with Crippen LogP contribution in [0.15, 0.2) is 30.3 Å². The zero-order chi connectivity index (χ0) is 21.0. The lowest BCUT2D eigenvalue weighted by Crippen LogP contribution is -2.24. The Morgan fingerprint density at radius 1 is 0.931 bits per heavy atom. The first-order valence-corrected chi connectivity index (χ1v) is 9.12. The van der Waals surface area contributed by atoms with Gasteiger partial charge in [-0.15, -0.1) is 0 Å². The summed E-state index contributed by atoms with van der Waals surface area (Å²) in [5.41, 5.74) is 1.51. The Kier molecular flexibility index (Phi) is 6.11. The zero-order valence-electron chi connectivity index (χ0n) is 16.9. The Hall–Kier alpha value is -3.42. The SMILES string of the molecule is COc1cc(NC(=O)c2ccc(OC)c(OC)c2OC)ccc1N1CCCC1=O. The van der Waals surface area contributed by atoms with Gasteiger partial charge in [0.05, 0.1) is 39.7 Å². The number of rotatable bonds is 7. The van der Waals surface area contributed by atoms with E-state index in [0.717, 1.165) is 6.42 Å². The van der Waals surface area contributed by atoms with Gasteiger partial charge in [0.15, 0.2) is 11.5 Å². The number of hydrogen-bond donors (Lipinski definition) is 1. The van der Waals surface area contributed by atoms with Crippen molar-refractivity contribution in [3.63, 3.8) is 0 Å². The first kappa shape index (κ1) is 20.3. The summed E-state index contributed by atoms with van der Waals surface area (Å²) in [6.45, 7) is 0.656. The number of hydrogen-bond acceptors (Lipinski definition) is 6. The molecule has 0 spiro atoms. The molecule has 0 aromatic heterocycles. The monoisotopic (exact) mass is 400 g/mol. The van der Waals surface area contributed by atoms with E-state index in [9.17, 15) is 9.59 Å². The van der Waals surface area contributed by atoms with E-state index >= 15 is 0 Å². The number of carbonyl (C=O) groups excluding carboxylic acids is 2. The number of nitrogens with zero attached hydrogens (tertiary/aromatic N) is 1. The minimum absolute atomic E-state index is 0.0650. The molecule has 3 rings (SSSR count). The van der Waals surface area contributed by atoms with Crippen LogP contribution in [0, 0.1) is 0 Å². The van der Waals surface area contributed by atoms with Crippen molar-refractivity contribution < 1.29 is 28.5 Å². The summed E-state index contributed by atoms with van der Waals surface area (Å²) in [6, 6.07) is 8.42. The average Bonchev–Trinajstić information content (AvgIpc) is 3.17. The maximum atomic E-state index is 12.9. The maximum absolute atomic E-state index is 12.9. The lowest BCUT2D eigenvalue weighted by molar-refractivity contribution is -0.117. The Labute approximate surface area is 169 Å². The molecule has 29 heavy (non-hydrogen) atoms. The number of benzene rings is 2. The van der Waals surface area contributed by atoms with Gasteiger partial charge in [-0.2, -0.15) is 0 Å². The van der Waals surface area contributed by atoms with E-state index in [4.69, 9.17) is 18.9 Å². The van der Waals surface area contributed by atoms with Crippen molar-refractivity contribution in [1.82, 2.24) is 0 Å². The van der Waals surface area contributed by atoms with Crippen molar-refractivity contribution in [3.05, 3.63) is 35.9 Å². The molecule has 2 aromatic carbocycles. The Morgan fingerprint density at radius 2 is 1.66 bits per heavy atom. The van der Waals surface area contributed by atoms with Crippen LogP contribution in [0.2, 0.25) is 0 Å². The first-order chi connectivity index (χ1) is 14.0. The summed E-state index contributed by atoms with van der Waals surface area (Å²) >= 11 is 0. The standard InChI is InChI=1S/C21H24N2O6/c1-26-16-10-8-14(19(28-3)20(16)29-4)21(25)22-13-7-9-15(17(12-13)27-2)23-11-5-6-18(23)24/h7-10,12H,5-6,11H2,1-4H3,(H,22,25). The van der Waals surface area contributed by atoms with E-state index in [1.807, 2.05) is 0 Å². The van der Waals surface area contributed by atoms with Crippen molar-refractivity contribution in [3.8, 4) is 23.0 Å². The van der Waals surface area contributed by atoms with Gasteiger partial charge >= 0.3 is 0 Å². The highest BCUT2D eigenvalue weighted by Gasteiger charge is 2.25. The van der Waals surface area contributed by atoms with Crippen LogP contribution in [0.25, 0.3) is 0 Å². The van der Waals surface area contributed by atoms with Gasteiger partial charge in [0, 0.05) is 24.7 Å². The highest BCUT2D eigenvalue weighted by Crippen LogP contribution is 2.40. The molecule has 0 aliphatic carbocycles. The normalized spacial score (nSPS) is 13.2. The fourth-order valence-electron chi connectivity index (χ4n) is 3.36. The minimum Gasteiger partial charge on any atom is -0.494 e. The molecular weight excluding hydrogens is 376 g/mol. The van der Waals surface area contributed by atoms with E-state index in [1.165, 1.54) is 28.4 Å². The molecule has 8 heteroatoms. The van der Waals surface area contributed by atoms with Crippen LogP contribution >= 0.6 is 0 Å². The zero-order valence-corrected chi connectivity index (χ0v) is 16.9. The molecule has 2 aromatic rings. The van der Waals surface area contributed by atoms with Gasteiger partial charge in [-0.1, -0.05) is 0 Å². The fourth-order valence-corrected chi connectivity index (χ4v) is 3.36. The van der Waals surface area contributed by atoms with Crippen LogP contribution in [-0.2, 0) is 4.79 Å². The third-order valence-electron chi connectivity index (χ3n) is 4.75. The Morgan fingerprint density at radius 3 is 2.24 bits per heavy atom. The van der Waals surface area contributed by atoms with Gasteiger partial charge in [0.1, 0.15) is 5.75 Å². The molecule has 0 saturated carbocycles. The summed E-state index contributed by atoms with van der Waals surface area (Å²) in [4.78, 5) is 26.6. The van der Waals surface area contributed by atoms with Gasteiger partial charge in [0.2, 0.25) is 11.7 Å². The highest BCUT2D eigenvalue weighted by molar-refractivity contribution is 6.07. The lowest BCUT2D eigenvalue weighted by Gasteiger charge is -2.20. The van der Waals surface area contributed by atoms with Crippen LogP contribution in [0.1, 0.15) is 23.2 Å². The molecule has 2 amide bonds. The van der Waals surface area contributed by atoms with Gasteiger partial charge in [-0.05, 0) is 30.7 Å². The average molecular weight is 400 g/mol.